The van der Waals surface area contributed by atoms with Crippen LogP contribution < -0.4 is 5.32 Å². The van der Waals surface area contributed by atoms with Gasteiger partial charge in [0, 0.05) is 30.1 Å². The fourth-order valence-electron chi connectivity index (χ4n) is 4.89. The number of halogens is 9. The van der Waals surface area contributed by atoms with Gasteiger partial charge in [-0.25, -0.2) is 0 Å². The van der Waals surface area contributed by atoms with Crippen LogP contribution >= 0.6 is 0 Å². The summed E-state index contributed by atoms with van der Waals surface area (Å²) in [5.74, 6) is -1.18. The zero-order valence-electron chi connectivity index (χ0n) is 21.9. The number of alkyl halides is 9. The first kappa shape index (κ1) is 31.4. The van der Waals surface area contributed by atoms with E-state index in [9.17, 15) is 49.4 Å². The molecule has 1 aromatic heterocycles. The zero-order chi connectivity index (χ0) is 31.1. The van der Waals surface area contributed by atoms with Crippen molar-refractivity contribution in [3.8, 4) is 11.3 Å². The summed E-state index contributed by atoms with van der Waals surface area (Å²) in [5.41, 5.74) is -8.50. The van der Waals surface area contributed by atoms with Gasteiger partial charge in [-0.3, -0.25) is 4.79 Å². The molecular weight excluding hydrogens is 583 g/mol. The van der Waals surface area contributed by atoms with Gasteiger partial charge >= 0.3 is 18.5 Å². The van der Waals surface area contributed by atoms with Crippen LogP contribution in [0.5, 0.6) is 0 Å². The molecule has 4 rings (SSSR count). The van der Waals surface area contributed by atoms with Gasteiger partial charge in [-0.05, 0) is 49.6 Å². The van der Waals surface area contributed by atoms with Crippen molar-refractivity contribution in [2.24, 2.45) is 0 Å². The van der Waals surface area contributed by atoms with Crippen molar-refractivity contribution in [1.82, 2.24) is 9.88 Å². The topological polar surface area (TPSA) is 63.5 Å². The molecule has 5 nitrogen and oxygen atoms in total. The Bertz CT molecular complexity index is 1420. The van der Waals surface area contributed by atoms with Gasteiger partial charge in [-0.2, -0.15) is 39.5 Å². The number of carbonyl (C=O) groups is 1. The van der Waals surface area contributed by atoms with E-state index in [0.29, 0.717) is 37.6 Å². The summed E-state index contributed by atoms with van der Waals surface area (Å²) in [6, 6.07) is 7.75. The third-order valence-electron chi connectivity index (χ3n) is 7.17. The molecule has 2 atom stereocenters. The third-order valence-corrected chi connectivity index (χ3v) is 7.17. The molecule has 2 heterocycles. The highest BCUT2D eigenvalue weighted by molar-refractivity contribution is 5.97. The summed E-state index contributed by atoms with van der Waals surface area (Å²) in [7, 11) is 0. The number of aliphatic hydroxyl groups is 1. The smallest absolute Gasteiger partial charge is 0.376 e. The lowest BCUT2D eigenvalue weighted by Gasteiger charge is -2.31. The molecule has 3 aromatic rings. The summed E-state index contributed by atoms with van der Waals surface area (Å²) < 4.78 is 131. The Morgan fingerprint density at radius 2 is 1.62 bits per heavy atom. The van der Waals surface area contributed by atoms with E-state index in [-0.39, 0.29) is 17.8 Å². The van der Waals surface area contributed by atoms with Crippen LogP contribution in [0.15, 0.2) is 54.6 Å². The molecule has 1 unspecified atom stereocenters. The molecule has 1 aliphatic rings. The second-order valence-electron chi connectivity index (χ2n) is 9.94. The van der Waals surface area contributed by atoms with Crippen LogP contribution in [-0.2, 0) is 29.2 Å². The molecule has 1 saturated heterocycles. The van der Waals surface area contributed by atoms with Crippen molar-refractivity contribution < 1.29 is 54.2 Å². The van der Waals surface area contributed by atoms with Crippen molar-refractivity contribution in [3.63, 3.8) is 0 Å². The summed E-state index contributed by atoms with van der Waals surface area (Å²) in [4.78, 5) is 13.2. The molecule has 228 valence electrons. The molecule has 1 fully saturated rings. The summed E-state index contributed by atoms with van der Waals surface area (Å²) >= 11 is 0. The van der Waals surface area contributed by atoms with E-state index in [2.05, 4.69) is 0 Å². The average molecular weight is 609 g/mol. The van der Waals surface area contributed by atoms with E-state index in [0.717, 1.165) is 18.2 Å². The van der Waals surface area contributed by atoms with Crippen LogP contribution in [0.4, 0.5) is 39.5 Å². The number of ether oxygens (including phenoxy) is 1. The quantitative estimate of drug-likeness (QED) is 0.288. The lowest BCUT2D eigenvalue weighted by Crippen LogP contribution is -2.51. The average Bonchev–Trinajstić information content (AvgIpc) is 3.54. The van der Waals surface area contributed by atoms with Gasteiger partial charge in [0.15, 0.2) is 0 Å². The highest BCUT2D eigenvalue weighted by atomic mass is 19.4. The Labute approximate surface area is 233 Å². The van der Waals surface area contributed by atoms with Crippen LogP contribution in [0, 0.1) is 6.92 Å². The second kappa shape index (κ2) is 11.3. The van der Waals surface area contributed by atoms with E-state index >= 15 is 0 Å². The van der Waals surface area contributed by atoms with E-state index in [1.54, 1.807) is 0 Å². The van der Waals surface area contributed by atoms with Crippen molar-refractivity contribution in [3.05, 3.63) is 82.5 Å². The number of benzene rings is 2. The van der Waals surface area contributed by atoms with Crippen LogP contribution in [0.3, 0.4) is 0 Å². The Morgan fingerprint density at radius 3 is 2.17 bits per heavy atom. The summed E-state index contributed by atoms with van der Waals surface area (Å²) in [6.07, 6.45) is -14.7. The molecule has 1 amide bonds. The molecule has 2 N–H and O–H groups in total. The highest BCUT2D eigenvalue weighted by Gasteiger charge is 2.55. The van der Waals surface area contributed by atoms with Crippen molar-refractivity contribution >= 4 is 5.91 Å². The number of hydrogen-bond donors (Lipinski definition) is 2. The molecule has 2 aromatic carbocycles. The minimum atomic E-state index is -5.23. The standard InChI is InChI=1S/C28H25F9N2O3/c1-16-20(24(40)38-15-25(41,28(35,36)37)17-6-3-2-4-7-17)13-23(39(16)14-19-8-5-11-42-19)21-12-18(26(29,30)31)9-10-22(21)27(32,33)34/h2-4,6-7,9-10,12-13,19,41H,5,8,11,14-15H2,1H3,(H,38,40)/t19-,25?/m1/s1. The normalized spacial score (nSPS) is 17.7. The number of amides is 1. The fraction of sp³-hybridized carbons (Fsp3) is 0.393. The first-order valence-electron chi connectivity index (χ1n) is 12.7. The third kappa shape index (κ3) is 6.28. The predicted molar refractivity (Wildman–Crippen MR) is 132 cm³/mol. The van der Waals surface area contributed by atoms with Gasteiger partial charge in [-0.1, -0.05) is 30.3 Å². The number of carbonyl (C=O) groups excluding carboxylic acids is 1. The van der Waals surface area contributed by atoms with Crippen LogP contribution in [0.2, 0.25) is 0 Å². The first-order chi connectivity index (χ1) is 19.4. The van der Waals surface area contributed by atoms with Gasteiger partial charge in [-0.15, -0.1) is 0 Å². The number of rotatable bonds is 7. The maximum Gasteiger partial charge on any atom is 0.423 e. The van der Waals surface area contributed by atoms with Crippen molar-refractivity contribution in [1.29, 1.82) is 0 Å². The SMILES string of the molecule is Cc1c(C(=O)NCC(O)(c2ccccc2)C(F)(F)F)cc(-c2cc(C(F)(F)F)ccc2C(F)(F)F)n1C[C@H]1CCCO1. The van der Waals surface area contributed by atoms with Gasteiger partial charge in [0.2, 0.25) is 5.60 Å². The molecule has 14 heteroatoms. The zero-order valence-corrected chi connectivity index (χ0v) is 21.9. The number of nitrogens with zero attached hydrogens (tertiary/aromatic N) is 1. The van der Waals surface area contributed by atoms with E-state index in [1.165, 1.54) is 29.7 Å². The number of aromatic nitrogens is 1. The van der Waals surface area contributed by atoms with Crippen LogP contribution in [0.1, 0.15) is 45.6 Å². The fourth-order valence-corrected chi connectivity index (χ4v) is 4.89. The minimum Gasteiger partial charge on any atom is -0.376 e. The summed E-state index contributed by atoms with van der Waals surface area (Å²) in [6.45, 7) is 0.183. The molecule has 0 bridgehead atoms. The monoisotopic (exact) mass is 608 g/mol. The predicted octanol–water partition coefficient (Wildman–Crippen LogP) is 6.86. The molecule has 0 radical (unpaired) electrons. The van der Waals surface area contributed by atoms with E-state index < -0.39 is 70.6 Å². The van der Waals surface area contributed by atoms with Gasteiger partial charge in [0.25, 0.3) is 5.91 Å². The molecular formula is C28H25F9N2O3. The highest BCUT2D eigenvalue weighted by Crippen LogP contribution is 2.42. The minimum absolute atomic E-state index is 0.0150. The Balaban J connectivity index is 1.80. The summed E-state index contributed by atoms with van der Waals surface area (Å²) in [5, 5.41) is 12.5. The maximum atomic E-state index is 14.0. The lowest BCUT2D eigenvalue weighted by molar-refractivity contribution is -0.263. The van der Waals surface area contributed by atoms with Gasteiger partial charge in [0.05, 0.1) is 29.3 Å². The van der Waals surface area contributed by atoms with Gasteiger partial charge in [0.1, 0.15) is 0 Å². The van der Waals surface area contributed by atoms with Crippen LogP contribution in [0.25, 0.3) is 11.3 Å². The molecule has 0 aliphatic carbocycles. The van der Waals surface area contributed by atoms with Crippen molar-refractivity contribution in [2.75, 3.05) is 13.2 Å². The molecule has 0 saturated carbocycles. The van der Waals surface area contributed by atoms with Gasteiger partial charge < -0.3 is 19.7 Å². The molecule has 42 heavy (non-hydrogen) atoms. The molecule has 0 spiro atoms. The maximum absolute atomic E-state index is 14.0. The second-order valence-corrected chi connectivity index (χ2v) is 9.94. The van der Waals surface area contributed by atoms with E-state index in [4.69, 9.17) is 4.74 Å². The van der Waals surface area contributed by atoms with E-state index in [1.807, 2.05) is 5.32 Å². The largest absolute Gasteiger partial charge is 0.423 e. The number of hydrogen-bond acceptors (Lipinski definition) is 3. The Hall–Kier alpha value is -3.52. The Kier molecular flexibility index (Phi) is 8.44. The first-order valence-corrected chi connectivity index (χ1v) is 12.7. The Morgan fingerprint density at radius 1 is 0.952 bits per heavy atom. The van der Waals surface area contributed by atoms with Crippen LogP contribution in [-0.4, -0.2) is 41.0 Å². The van der Waals surface area contributed by atoms with Crippen molar-refractivity contribution in [2.45, 2.75) is 56.5 Å². The molecule has 1 aliphatic heterocycles. The number of nitrogens with one attached hydrogen (secondary N) is 1. The lowest BCUT2D eigenvalue weighted by atomic mass is 9.93.